The van der Waals surface area contributed by atoms with Crippen molar-refractivity contribution in [1.82, 2.24) is 15.3 Å². The Morgan fingerprint density at radius 1 is 1.61 bits per heavy atom. The van der Waals surface area contributed by atoms with Crippen molar-refractivity contribution in [3.05, 3.63) is 17.5 Å². The van der Waals surface area contributed by atoms with Crippen LogP contribution in [0.3, 0.4) is 0 Å². The predicted molar refractivity (Wildman–Crippen MR) is 70.4 cm³/mol. The SMILES string of the molecule is CC(C)C1(C(=O)Nc2ccnc(Cl)n2)CCNC1. The van der Waals surface area contributed by atoms with Crippen LogP contribution in [0, 0.1) is 11.3 Å². The van der Waals surface area contributed by atoms with Crippen LogP contribution < -0.4 is 10.6 Å². The summed E-state index contributed by atoms with van der Waals surface area (Å²) in [4.78, 5) is 20.2. The van der Waals surface area contributed by atoms with Gasteiger partial charge in [0.15, 0.2) is 0 Å². The number of rotatable bonds is 3. The van der Waals surface area contributed by atoms with Crippen LogP contribution in [0.2, 0.25) is 5.28 Å². The van der Waals surface area contributed by atoms with Gasteiger partial charge in [-0.05, 0) is 36.6 Å². The van der Waals surface area contributed by atoms with Crippen LogP contribution in [0.5, 0.6) is 0 Å². The first-order valence-corrected chi connectivity index (χ1v) is 6.43. The van der Waals surface area contributed by atoms with Gasteiger partial charge >= 0.3 is 0 Å². The quantitative estimate of drug-likeness (QED) is 0.819. The molecule has 0 radical (unpaired) electrons. The van der Waals surface area contributed by atoms with E-state index in [0.29, 0.717) is 12.4 Å². The Morgan fingerprint density at radius 3 is 2.94 bits per heavy atom. The summed E-state index contributed by atoms with van der Waals surface area (Å²) in [7, 11) is 0. The van der Waals surface area contributed by atoms with Crippen LogP contribution in [-0.2, 0) is 4.79 Å². The Morgan fingerprint density at radius 2 is 2.39 bits per heavy atom. The van der Waals surface area contributed by atoms with Gasteiger partial charge < -0.3 is 10.6 Å². The highest BCUT2D eigenvalue weighted by molar-refractivity contribution is 6.28. The average molecular weight is 269 g/mol. The van der Waals surface area contributed by atoms with E-state index >= 15 is 0 Å². The maximum absolute atomic E-state index is 12.4. The summed E-state index contributed by atoms with van der Waals surface area (Å²) in [5.41, 5.74) is -0.364. The third kappa shape index (κ3) is 2.47. The maximum Gasteiger partial charge on any atom is 0.233 e. The molecule has 1 atom stereocenters. The van der Waals surface area contributed by atoms with Gasteiger partial charge in [0.25, 0.3) is 0 Å². The lowest BCUT2D eigenvalue weighted by atomic mass is 9.75. The summed E-state index contributed by atoms with van der Waals surface area (Å²) >= 11 is 5.70. The molecule has 0 bridgehead atoms. The van der Waals surface area contributed by atoms with Crippen LogP contribution in [0.25, 0.3) is 0 Å². The van der Waals surface area contributed by atoms with E-state index in [1.54, 1.807) is 6.07 Å². The van der Waals surface area contributed by atoms with Crippen molar-refractivity contribution in [3.63, 3.8) is 0 Å². The van der Waals surface area contributed by atoms with Crippen LogP contribution in [0.1, 0.15) is 20.3 Å². The second-order valence-electron chi connectivity index (χ2n) is 4.90. The van der Waals surface area contributed by atoms with Crippen molar-refractivity contribution >= 4 is 23.3 Å². The average Bonchev–Trinajstić information content (AvgIpc) is 2.79. The van der Waals surface area contributed by atoms with Gasteiger partial charge in [0.05, 0.1) is 5.41 Å². The van der Waals surface area contributed by atoms with Crippen molar-refractivity contribution in [1.29, 1.82) is 0 Å². The molecule has 18 heavy (non-hydrogen) atoms. The summed E-state index contributed by atoms with van der Waals surface area (Å²) in [6.45, 7) is 5.71. The number of anilines is 1. The van der Waals surface area contributed by atoms with E-state index in [4.69, 9.17) is 11.6 Å². The minimum atomic E-state index is -0.364. The largest absolute Gasteiger partial charge is 0.316 e. The van der Waals surface area contributed by atoms with Crippen LogP contribution >= 0.6 is 11.6 Å². The number of carbonyl (C=O) groups excluding carboxylic acids is 1. The molecule has 6 heteroatoms. The van der Waals surface area contributed by atoms with Crippen LogP contribution in [0.4, 0.5) is 5.82 Å². The molecule has 1 saturated heterocycles. The number of aromatic nitrogens is 2. The van der Waals surface area contributed by atoms with E-state index in [0.717, 1.165) is 13.0 Å². The standard InChI is InChI=1S/C12H17ClN4O/c1-8(2)12(4-6-14-7-12)10(18)16-9-3-5-15-11(13)17-9/h3,5,8,14H,4,6-7H2,1-2H3,(H,15,16,17,18). The fourth-order valence-corrected chi connectivity index (χ4v) is 2.45. The summed E-state index contributed by atoms with van der Waals surface area (Å²) < 4.78 is 0. The molecule has 0 spiro atoms. The van der Waals surface area contributed by atoms with E-state index < -0.39 is 0 Å². The number of amides is 1. The number of hydrogen-bond acceptors (Lipinski definition) is 4. The van der Waals surface area contributed by atoms with E-state index in [-0.39, 0.29) is 22.5 Å². The number of hydrogen-bond donors (Lipinski definition) is 2. The molecule has 0 aromatic carbocycles. The molecule has 1 fully saturated rings. The van der Waals surface area contributed by atoms with E-state index in [9.17, 15) is 4.79 Å². The number of carbonyl (C=O) groups is 1. The highest BCUT2D eigenvalue weighted by atomic mass is 35.5. The first-order chi connectivity index (χ1) is 8.54. The van der Waals surface area contributed by atoms with Gasteiger partial charge in [-0.2, -0.15) is 0 Å². The summed E-state index contributed by atoms with van der Waals surface area (Å²) in [6.07, 6.45) is 2.37. The minimum Gasteiger partial charge on any atom is -0.316 e. The lowest BCUT2D eigenvalue weighted by molar-refractivity contribution is -0.126. The Hall–Kier alpha value is -1.20. The molecule has 1 aromatic heterocycles. The fraction of sp³-hybridized carbons (Fsp3) is 0.583. The maximum atomic E-state index is 12.4. The Bertz CT molecular complexity index is 443. The molecule has 1 amide bonds. The zero-order chi connectivity index (χ0) is 13.2. The molecule has 98 valence electrons. The summed E-state index contributed by atoms with van der Waals surface area (Å²) in [5, 5.41) is 6.22. The smallest absolute Gasteiger partial charge is 0.233 e. The molecule has 2 rings (SSSR count). The first kappa shape index (κ1) is 13.2. The van der Waals surface area contributed by atoms with Crippen molar-refractivity contribution in [2.24, 2.45) is 11.3 Å². The fourth-order valence-electron chi connectivity index (χ4n) is 2.31. The molecule has 5 nitrogen and oxygen atoms in total. The lowest BCUT2D eigenvalue weighted by Crippen LogP contribution is -2.42. The minimum absolute atomic E-state index is 0.00253. The van der Waals surface area contributed by atoms with Gasteiger partial charge in [-0.3, -0.25) is 4.79 Å². The van der Waals surface area contributed by atoms with Gasteiger partial charge in [0, 0.05) is 12.7 Å². The monoisotopic (exact) mass is 268 g/mol. The summed E-state index contributed by atoms with van der Waals surface area (Å²) in [6, 6.07) is 1.64. The molecule has 0 saturated carbocycles. The molecule has 1 aliphatic rings. The van der Waals surface area contributed by atoms with Crippen LogP contribution in [-0.4, -0.2) is 29.0 Å². The van der Waals surface area contributed by atoms with Crippen molar-refractivity contribution in [3.8, 4) is 0 Å². The van der Waals surface area contributed by atoms with Crippen LogP contribution in [0.15, 0.2) is 12.3 Å². The second-order valence-corrected chi connectivity index (χ2v) is 5.24. The van der Waals surface area contributed by atoms with E-state index in [1.807, 2.05) is 0 Å². The van der Waals surface area contributed by atoms with Gasteiger partial charge in [0.1, 0.15) is 5.82 Å². The lowest BCUT2D eigenvalue weighted by Gasteiger charge is -2.30. The van der Waals surface area contributed by atoms with E-state index in [1.165, 1.54) is 6.20 Å². The first-order valence-electron chi connectivity index (χ1n) is 6.05. The molecule has 1 aromatic rings. The molecule has 0 aliphatic carbocycles. The van der Waals surface area contributed by atoms with Crippen molar-refractivity contribution in [2.75, 3.05) is 18.4 Å². The molecule has 2 heterocycles. The Kier molecular flexibility index (Phi) is 3.82. The third-order valence-corrected chi connectivity index (χ3v) is 3.80. The Labute approximate surface area is 111 Å². The number of nitrogens with one attached hydrogen (secondary N) is 2. The zero-order valence-corrected chi connectivity index (χ0v) is 11.3. The van der Waals surface area contributed by atoms with Gasteiger partial charge in [-0.25, -0.2) is 9.97 Å². The highest BCUT2D eigenvalue weighted by Crippen LogP contribution is 2.35. The molecule has 1 unspecified atom stereocenters. The second kappa shape index (κ2) is 5.20. The predicted octanol–water partition coefficient (Wildman–Crippen LogP) is 1.70. The number of halogens is 1. The van der Waals surface area contributed by atoms with Gasteiger partial charge in [-0.15, -0.1) is 0 Å². The van der Waals surface area contributed by atoms with E-state index in [2.05, 4.69) is 34.4 Å². The normalized spacial score (nSPS) is 23.3. The number of nitrogens with zero attached hydrogens (tertiary/aromatic N) is 2. The van der Waals surface area contributed by atoms with Crippen molar-refractivity contribution < 1.29 is 4.79 Å². The molecule has 1 aliphatic heterocycles. The third-order valence-electron chi connectivity index (χ3n) is 3.61. The Balaban J connectivity index is 2.16. The molecule has 2 N–H and O–H groups in total. The van der Waals surface area contributed by atoms with Gasteiger partial charge in [0.2, 0.25) is 11.2 Å². The van der Waals surface area contributed by atoms with Crippen molar-refractivity contribution in [2.45, 2.75) is 20.3 Å². The molecular weight excluding hydrogens is 252 g/mol. The summed E-state index contributed by atoms with van der Waals surface area (Å²) in [5.74, 6) is 0.717. The highest BCUT2D eigenvalue weighted by Gasteiger charge is 2.43. The molecular formula is C12H17ClN4O. The van der Waals surface area contributed by atoms with Gasteiger partial charge in [-0.1, -0.05) is 13.8 Å². The zero-order valence-electron chi connectivity index (χ0n) is 10.5. The topological polar surface area (TPSA) is 66.9 Å².